The van der Waals surface area contributed by atoms with Crippen LogP contribution in [0.4, 0.5) is 0 Å². The highest BCUT2D eigenvalue weighted by molar-refractivity contribution is 5.71. The summed E-state index contributed by atoms with van der Waals surface area (Å²) in [5, 5.41) is 0. The van der Waals surface area contributed by atoms with E-state index in [0.717, 1.165) is 77.0 Å². The predicted octanol–water partition coefficient (Wildman–Crippen LogP) is 18.8. The van der Waals surface area contributed by atoms with Crippen molar-refractivity contribution in [2.75, 3.05) is 13.2 Å². The van der Waals surface area contributed by atoms with Crippen LogP contribution in [-0.2, 0) is 28.6 Å². The summed E-state index contributed by atoms with van der Waals surface area (Å²) in [4.78, 5) is 38.1. The number of hydrogen-bond acceptors (Lipinski definition) is 6. The molecule has 0 aromatic carbocycles. The zero-order chi connectivity index (χ0) is 47.9. The zero-order valence-corrected chi connectivity index (χ0v) is 43.7. The molecule has 382 valence electrons. The smallest absolute Gasteiger partial charge is 0.306 e. The van der Waals surface area contributed by atoms with E-state index in [2.05, 4.69) is 81.5 Å². The van der Waals surface area contributed by atoms with Crippen molar-refractivity contribution in [3.05, 3.63) is 60.8 Å². The van der Waals surface area contributed by atoms with E-state index in [9.17, 15) is 14.4 Å². The standard InChI is InChI=1S/C60H106O6/c1-4-7-10-13-16-19-22-25-28-30-32-35-38-41-44-47-50-53-59(62)65-56-57(55-64-58(61)52-49-46-43-40-37-34-27-24-21-18-15-12-9-6-3)66-60(63)54-51-48-45-42-39-36-33-31-29-26-23-20-17-14-11-8-5-2/h7,10,16,19,25,28,32,35,41,44,57H,4-6,8-9,11-15,17-18,20-24,26-27,29-31,33-34,36-40,42-43,45-56H2,1-3H3/b10-7+,19-16+,28-25+,35-32+,44-41+/t57-/m1/s1. The molecule has 6 nitrogen and oxygen atoms in total. The van der Waals surface area contributed by atoms with Crippen molar-refractivity contribution in [2.45, 2.75) is 290 Å². The van der Waals surface area contributed by atoms with Crippen molar-refractivity contribution in [3.8, 4) is 0 Å². The Bertz CT molecular complexity index is 1200. The summed E-state index contributed by atoms with van der Waals surface area (Å²) in [7, 11) is 0. The maximum Gasteiger partial charge on any atom is 0.306 e. The number of allylic oxidation sites excluding steroid dienone is 10. The van der Waals surface area contributed by atoms with Crippen LogP contribution in [-0.4, -0.2) is 37.2 Å². The van der Waals surface area contributed by atoms with Crippen molar-refractivity contribution in [1.82, 2.24) is 0 Å². The van der Waals surface area contributed by atoms with Crippen molar-refractivity contribution in [1.29, 1.82) is 0 Å². The lowest BCUT2D eigenvalue weighted by Gasteiger charge is -2.18. The fraction of sp³-hybridized carbons (Fsp3) is 0.783. The van der Waals surface area contributed by atoms with Crippen LogP contribution in [0.2, 0.25) is 0 Å². The van der Waals surface area contributed by atoms with Crippen LogP contribution < -0.4 is 0 Å². The van der Waals surface area contributed by atoms with Gasteiger partial charge in [0.1, 0.15) is 13.2 Å². The molecule has 0 heterocycles. The number of unbranched alkanes of at least 4 members (excludes halogenated alkanes) is 30. The van der Waals surface area contributed by atoms with Gasteiger partial charge in [-0.05, 0) is 57.8 Å². The van der Waals surface area contributed by atoms with Gasteiger partial charge in [-0.25, -0.2) is 0 Å². The molecule has 0 saturated carbocycles. The topological polar surface area (TPSA) is 78.9 Å². The largest absolute Gasteiger partial charge is 0.462 e. The summed E-state index contributed by atoms with van der Waals surface area (Å²) < 4.78 is 16.8. The van der Waals surface area contributed by atoms with Gasteiger partial charge in [-0.15, -0.1) is 0 Å². The van der Waals surface area contributed by atoms with Crippen LogP contribution >= 0.6 is 0 Å². The Balaban J connectivity index is 4.43. The average Bonchev–Trinajstić information content (AvgIpc) is 3.31. The molecule has 6 heteroatoms. The molecule has 0 aliphatic carbocycles. The summed E-state index contributed by atoms with van der Waals surface area (Å²) in [6.45, 7) is 6.51. The Morgan fingerprint density at radius 2 is 0.591 bits per heavy atom. The molecule has 0 fully saturated rings. The number of rotatable bonds is 51. The molecule has 0 amide bonds. The van der Waals surface area contributed by atoms with E-state index in [-0.39, 0.29) is 37.5 Å². The second-order valence-corrected chi connectivity index (χ2v) is 18.8. The summed E-state index contributed by atoms with van der Waals surface area (Å²) >= 11 is 0. The number of carbonyl (C=O) groups is 3. The molecule has 66 heavy (non-hydrogen) atoms. The molecule has 0 radical (unpaired) electrons. The fourth-order valence-corrected chi connectivity index (χ4v) is 8.07. The number of hydrogen-bond donors (Lipinski definition) is 0. The van der Waals surface area contributed by atoms with Crippen LogP contribution in [0.25, 0.3) is 0 Å². The Morgan fingerprint density at radius 3 is 0.924 bits per heavy atom. The van der Waals surface area contributed by atoms with Crippen LogP contribution in [0.3, 0.4) is 0 Å². The average molecular weight is 924 g/mol. The van der Waals surface area contributed by atoms with E-state index < -0.39 is 6.10 Å². The minimum absolute atomic E-state index is 0.0878. The Hall–Kier alpha value is -2.89. The number of ether oxygens (including phenoxy) is 3. The Kier molecular flexibility index (Phi) is 52.3. The zero-order valence-electron chi connectivity index (χ0n) is 43.7. The molecule has 0 aromatic rings. The first kappa shape index (κ1) is 63.1. The van der Waals surface area contributed by atoms with Crippen molar-refractivity contribution in [2.24, 2.45) is 0 Å². The molecule has 0 aromatic heterocycles. The summed E-state index contributed by atoms with van der Waals surface area (Å²) in [6.07, 6.45) is 67.8. The molecule has 0 spiro atoms. The number of esters is 3. The summed E-state index contributed by atoms with van der Waals surface area (Å²) in [6, 6.07) is 0. The minimum atomic E-state index is -0.793. The van der Waals surface area contributed by atoms with Crippen molar-refractivity contribution < 1.29 is 28.6 Å². The van der Waals surface area contributed by atoms with Gasteiger partial charge in [0.15, 0.2) is 6.10 Å². The molecule has 0 unspecified atom stereocenters. The molecule has 0 bridgehead atoms. The fourth-order valence-electron chi connectivity index (χ4n) is 8.07. The van der Waals surface area contributed by atoms with Gasteiger partial charge < -0.3 is 14.2 Å². The highest BCUT2D eigenvalue weighted by atomic mass is 16.6. The molecular formula is C60H106O6. The van der Waals surface area contributed by atoms with Crippen molar-refractivity contribution >= 4 is 17.9 Å². The van der Waals surface area contributed by atoms with Crippen LogP contribution in [0.5, 0.6) is 0 Å². The van der Waals surface area contributed by atoms with E-state index in [1.54, 1.807) is 0 Å². The Labute approximate surface area is 409 Å². The third kappa shape index (κ3) is 52.1. The highest BCUT2D eigenvalue weighted by Gasteiger charge is 2.19. The van der Waals surface area contributed by atoms with Crippen LogP contribution in [0, 0.1) is 0 Å². The first-order valence-electron chi connectivity index (χ1n) is 28.3. The van der Waals surface area contributed by atoms with Gasteiger partial charge in [-0.2, -0.15) is 0 Å². The number of carbonyl (C=O) groups excluding carboxylic acids is 3. The van der Waals surface area contributed by atoms with Crippen LogP contribution in [0.15, 0.2) is 60.8 Å². The normalized spacial score (nSPS) is 12.5. The lowest BCUT2D eigenvalue weighted by Crippen LogP contribution is -2.30. The van der Waals surface area contributed by atoms with Gasteiger partial charge in [0.25, 0.3) is 0 Å². The summed E-state index contributed by atoms with van der Waals surface area (Å²) in [5.74, 6) is -0.935. The second kappa shape index (κ2) is 54.7. The Morgan fingerprint density at radius 1 is 0.318 bits per heavy atom. The SMILES string of the molecule is CC/C=C/C/C=C/C/C=C/C/C=C/C/C=C/CCCC(=O)OC[C@@H](COC(=O)CCCCCCCCCCCCCCCC)OC(=O)CCCCCCCCCCCCCCCCCCC. The van der Waals surface area contributed by atoms with Gasteiger partial charge in [0.2, 0.25) is 0 Å². The van der Waals surface area contributed by atoms with Gasteiger partial charge >= 0.3 is 17.9 Å². The third-order valence-corrected chi connectivity index (χ3v) is 12.3. The first-order valence-corrected chi connectivity index (χ1v) is 28.3. The van der Waals surface area contributed by atoms with E-state index in [0.29, 0.717) is 19.3 Å². The van der Waals surface area contributed by atoms with E-state index in [1.165, 1.54) is 161 Å². The molecule has 1 atom stereocenters. The quantitative estimate of drug-likeness (QED) is 0.0262. The molecule has 0 aliphatic rings. The minimum Gasteiger partial charge on any atom is -0.462 e. The van der Waals surface area contributed by atoms with E-state index in [4.69, 9.17) is 14.2 Å². The lowest BCUT2D eigenvalue weighted by molar-refractivity contribution is -0.167. The molecule has 0 aliphatic heterocycles. The molecular weight excluding hydrogens is 817 g/mol. The first-order chi connectivity index (χ1) is 32.5. The van der Waals surface area contributed by atoms with E-state index in [1.807, 2.05) is 0 Å². The summed E-state index contributed by atoms with van der Waals surface area (Å²) in [5.41, 5.74) is 0. The van der Waals surface area contributed by atoms with Gasteiger partial charge in [-0.3, -0.25) is 14.4 Å². The molecule has 0 rings (SSSR count). The third-order valence-electron chi connectivity index (χ3n) is 12.3. The van der Waals surface area contributed by atoms with E-state index >= 15 is 0 Å². The van der Waals surface area contributed by atoms with Gasteiger partial charge in [0, 0.05) is 19.3 Å². The highest BCUT2D eigenvalue weighted by Crippen LogP contribution is 2.16. The van der Waals surface area contributed by atoms with Crippen LogP contribution in [0.1, 0.15) is 284 Å². The lowest BCUT2D eigenvalue weighted by atomic mass is 10.0. The maximum absolute atomic E-state index is 12.8. The molecule has 0 saturated heterocycles. The van der Waals surface area contributed by atoms with Gasteiger partial charge in [0.05, 0.1) is 0 Å². The predicted molar refractivity (Wildman–Crippen MR) is 284 cm³/mol. The van der Waals surface area contributed by atoms with Gasteiger partial charge in [-0.1, -0.05) is 268 Å². The maximum atomic E-state index is 12.8. The molecule has 0 N–H and O–H groups in total. The second-order valence-electron chi connectivity index (χ2n) is 18.8. The monoisotopic (exact) mass is 923 g/mol. The van der Waals surface area contributed by atoms with Crippen molar-refractivity contribution in [3.63, 3.8) is 0 Å².